The van der Waals surface area contributed by atoms with Crippen molar-refractivity contribution in [3.63, 3.8) is 0 Å². The Bertz CT molecular complexity index is 379. The van der Waals surface area contributed by atoms with E-state index in [0.29, 0.717) is 31.5 Å². The molecule has 128 valence electrons. The van der Waals surface area contributed by atoms with Gasteiger partial charge in [0, 0.05) is 26.1 Å². The maximum absolute atomic E-state index is 12.3. The van der Waals surface area contributed by atoms with Crippen LogP contribution in [-0.4, -0.2) is 54.1 Å². The summed E-state index contributed by atoms with van der Waals surface area (Å²) in [5.74, 6) is 0.568. The summed E-state index contributed by atoms with van der Waals surface area (Å²) >= 11 is 0. The zero-order valence-electron chi connectivity index (χ0n) is 14.4. The molecule has 1 aliphatic heterocycles. The number of ether oxygens (including phenoxy) is 2. The van der Waals surface area contributed by atoms with Gasteiger partial charge < -0.3 is 19.5 Å². The van der Waals surface area contributed by atoms with Crippen molar-refractivity contribution >= 4 is 6.09 Å². The number of aliphatic hydroxyl groups is 1. The van der Waals surface area contributed by atoms with Gasteiger partial charge in [-0.2, -0.15) is 0 Å². The van der Waals surface area contributed by atoms with Crippen LogP contribution in [-0.2, 0) is 9.47 Å². The van der Waals surface area contributed by atoms with Crippen molar-refractivity contribution in [2.45, 2.75) is 70.7 Å². The molecule has 22 heavy (non-hydrogen) atoms. The molecule has 1 saturated heterocycles. The Kier molecular flexibility index (Phi) is 5.72. The summed E-state index contributed by atoms with van der Waals surface area (Å²) in [5, 5.41) is 10.4. The highest BCUT2D eigenvalue weighted by atomic mass is 16.6. The van der Waals surface area contributed by atoms with Gasteiger partial charge in [-0.3, -0.25) is 0 Å². The minimum Gasteiger partial charge on any atom is -0.444 e. The maximum atomic E-state index is 12.3. The first-order chi connectivity index (χ1) is 10.3. The van der Waals surface area contributed by atoms with Crippen LogP contribution < -0.4 is 0 Å². The van der Waals surface area contributed by atoms with E-state index in [2.05, 4.69) is 0 Å². The Hall–Kier alpha value is -0.810. The molecule has 0 radical (unpaired) electrons. The molecule has 0 aromatic heterocycles. The molecular weight excluding hydrogens is 282 g/mol. The zero-order valence-corrected chi connectivity index (χ0v) is 14.4. The van der Waals surface area contributed by atoms with Gasteiger partial charge in [0.1, 0.15) is 5.60 Å². The van der Waals surface area contributed by atoms with E-state index in [9.17, 15) is 9.90 Å². The van der Waals surface area contributed by atoms with Crippen LogP contribution in [0, 0.1) is 11.8 Å². The number of methoxy groups -OCH3 is 1. The monoisotopic (exact) mass is 313 g/mol. The lowest BCUT2D eigenvalue weighted by molar-refractivity contribution is -0.0416. The summed E-state index contributed by atoms with van der Waals surface area (Å²) in [6, 6.07) is 0. The first-order valence-corrected chi connectivity index (χ1v) is 8.49. The van der Waals surface area contributed by atoms with Gasteiger partial charge >= 0.3 is 6.09 Å². The fourth-order valence-electron chi connectivity index (χ4n) is 3.71. The van der Waals surface area contributed by atoms with Gasteiger partial charge in [-0.25, -0.2) is 4.79 Å². The molecule has 1 heterocycles. The molecule has 5 heteroatoms. The number of aliphatic hydroxyl groups excluding tert-OH is 1. The van der Waals surface area contributed by atoms with Crippen molar-refractivity contribution < 1.29 is 19.4 Å². The minimum atomic E-state index is -0.478. The number of hydrogen-bond acceptors (Lipinski definition) is 4. The fourth-order valence-corrected chi connectivity index (χ4v) is 3.71. The van der Waals surface area contributed by atoms with Crippen molar-refractivity contribution in [2.24, 2.45) is 11.8 Å². The topological polar surface area (TPSA) is 59.0 Å². The van der Waals surface area contributed by atoms with E-state index in [-0.39, 0.29) is 18.1 Å². The predicted molar refractivity (Wildman–Crippen MR) is 84.7 cm³/mol. The summed E-state index contributed by atoms with van der Waals surface area (Å²) in [4.78, 5) is 14.0. The van der Waals surface area contributed by atoms with Gasteiger partial charge in [0.15, 0.2) is 0 Å². The summed E-state index contributed by atoms with van der Waals surface area (Å²) in [6.45, 7) is 6.81. The Labute approximate surface area is 134 Å². The Morgan fingerprint density at radius 2 is 1.95 bits per heavy atom. The number of amides is 1. The van der Waals surface area contributed by atoms with Crippen LogP contribution >= 0.6 is 0 Å². The molecule has 2 aliphatic rings. The Morgan fingerprint density at radius 1 is 1.23 bits per heavy atom. The first-order valence-electron chi connectivity index (χ1n) is 8.49. The fraction of sp³-hybridized carbons (Fsp3) is 0.941. The van der Waals surface area contributed by atoms with Gasteiger partial charge in [-0.05, 0) is 52.4 Å². The number of carbonyl (C=O) groups excluding carboxylic acids is 1. The van der Waals surface area contributed by atoms with Crippen LogP contribution in [0.15, 0.2) is 0 Å². The third-order valence-electron chi connectivity index (χ3n) is 4.88. The first kappa shape index (κ1) is 17.5. The Morgan fingerprint density at radius 3 is 2.59 bits per heavy atom. The van der Waals surface area contributed by atoms with Gasteiger partial charge in [-0.1, -0.05) is 6.42 Å². The number of rotatable bonds is 2. The minimum absolute atomic E-state index is 0.138. The second-order valence-corrected chi connectivity index (χ2v) is 7.73. The number of piperidine rings is 1. The molecule has 1 N–H and O–H groups in total. The number of likely N-dealkylation sites (tertiary alicyclic amines) is 1. The smallest absolute Gasteiger partial charge is 0.410 e. The highest BCUT2D eigenvalue weighted by Gasteiger charge is 2.38. The van der Waals surface area contributed by atoms with Crippen LogP contribution in [0.25, 0.3) is 0 Å². The van der Waals surface area contributed by atoms with E-state index in [1.165, 1.54) is 0 Å². The lowest BCUT2D eigenvalue weighted by atomic mass is 9.74. The van der Waals surface area contributed by atoms with Crippen LogP contribution in [0.4, 0.5) is 4.79 Å². The van der Waals surface area contributed by atoms with Crippen LogP contribution in [0.3, 0.4) is 0 Å². The highest BCUT2D eigenvalue weighted by molar-refractivity contribution is 5.68. The van der Waals surface area contributed by atoms with Gasteiger partial charge in [-0.15, -0.1) is 0 Å². The van der Waals surface area contributed by atoms with Crippen molar-refractivity contribution in [1.82, 2.24) is 4.90 Å². The summed E-state index contributed by atoms with van der Waals surface area (Å²) in [5.41, 5.74) is -0.478. The number of nitrogens with zero attached hydrogens (tertiary/aromatic N) is 1. The van der Waals surface area contributed by atoms with E-state index in [1.807, 2.05) is 20.8 Å². The van der Waals surface area contributed by atoms with Crippen LogP contribution in [0.5, 0.6) is 0 Å². The highest BCUT2D eigenvalue weighted by Crippen LogP contribution is 2.36. The summed E-state index contributed by atoms with van der Waals surface area (Å²) in [7, 11) is 1.76. The third kappa shape index (κ3) is 4.59. The normalized spacial score (nSPS) is 33.6. The molecule has 4 unspecified atom stereocenters. The van der Waals surface area contributed by atoms with E-state index >= 15 is 0 Å². The molecule has 0 aromatic rings. The molecule has 0 bridgehead atoms. The van der Waals surface area contributed by atoms with Crippen molar-refractivity contribution in [2.75, 3.05) is 20.2 Å². The lowest BCUT2D eigenvalue weighted by Crippen LogP contribution is -2.50. The quantitative estimate of drug-likeness (QED) is 0.851. The molecule has 5 nitrogen and oxygen atoms in total. The maximum Gasteiger partial charge on any atom is 0.410 e. The van der Waals surface area contributed by atoms with Crippen molar-refractivity contribution in [3.8, 4) is 0 Å². The van der Waals surface area contributed by atoms with E-state index in [1.54, 1.807) is 12.0 Å². The van der Waals surface area contributed by atoms with Crippen LogP contribution in [0.1, 0.15) is 52.9 Å². The molecule has 1 aliphatic carbocycles. The molecule has 4 atom stereocenters. The SMILES string of the molecule is COC1CCCC(C2CN(C(=O)OC(C)(C)C)CCC2O)C1. The molecule has 2 rings (SSSR count). The lowest BCUT2D eigenvalue weighted by Gasteiger charge is -2.42. The Balaban J connectivity index is 1.97. The molecule has 0 aromatic carbocycles. The van der Waals surface area contributed by atoms with Gasteiger partial charge in [0.05, 0.1) is 12.2 Å². The van der Waals surface area contributed by atoms with Crippen molar-refractivity contribution in [3.05, 3.63) is 0 Å². The van der Waals surface area contributed by atoms with E-state index in [4.69, 9.17) is 9.47 Å². The molecule has 0 spiro atoms. The second-order valence-electron chi connectivity index (χ2n) is 7.73. The molecular formula is C17H31NO4. The van der Waals surface area contributed by atoms with Gasteiger partial charge in [0.25, 0.3) is 0 Å². The predicted octanol–water partition coefficient (Wildman–Crippen LogP) is 2.81. The average molecular weight is 313 g/mol. The molecule has 1 saturated carbocycles. The average Bonchev–Trinajstić information content (AvgIpc) is 2.46. The molecule has 2 fully saturated rings. The summed E-state index contributed by atoms with van der Waals surface area (Å²) < 4.78 is 11.0. The zero-order chi connectivity index (χ0) is 16.3. The number of hydrogen-bond donors (Lipinski definition) is 1. The van der Waals surface area contributed by atoms with E-state index < -0.39 is 5.60 Å². The van der Waals surface area contributed by atoms with Crippen LogP contribution in [0.2, 0.25) is 0 Å². The largest absolute Gasteiger partial charge is 0.444 e. The second kappa shape index (κ2) is 7.18. The van der Waals surface area contributed by atoms with Gasteiger partial charge in [0.2, 0.25) is 0 Å². The molecule has 1 amide bonds. The number of carbonyl (C=O) groups is 1. The van der Waals surface area contributed by atoms with Crippen molar-refractivity contribution in [1.29, 1.82) is 0 Å². The standard InChI is InChI=1S/C17H31NO4/c1-17(2,3)22-16(20)18-9-8-15(19)14(11-18)12-6-5-7-13(10-12)21-4/h12-15,19H,5-11H2,1-4H3. The van der Waals surface area contributed by atoms with E-state index in [0.717, 1.165) is 25.7 Å². The summed E-state index contributed by atoms with van der Waals surface area (Å²) in [6.07, 6.45) is 4.69. The third-order valence-corrected chi connectivity index (χ3v) is 4.88.